The van der Waals surface area contributed by atoms with E-state index in [0.717, 1.165) is 18.4 Å². The molecule has 0 bridgehead atoms. The molecule has 2 aromatic carbocycles. The quantitative estimate of drug-likeness (QED) is 0.764. The standard InChI is InChI=1S/C20H24N2O4S/c1-15(16-6-3-2-4-7-16)22-20(23)17-9-11-19(12-10-17)27(24,25)21-14-18-8-5-13-26-18/h2-4,6-7,9-12,15,18,21H,5,8,13-14H2,1H3,(H,22,23). The Kier molecular flexibility index (Phi) is 6.26. The molecule has 0 aliphatic carbocycles. The zero-order valence-electron chi connectivity index (χ0n) is 15.2. The van der Waals surface area contributed by atoms with Gasteiger partial charge in [0.25, 0.3) is 5.91 Å². The third kappa shape index (κ3) is 5.15. The topological polar surface area (TPSA) is 84.5 Å². The number of amides is 1. The molecule has 27 heavy (non-hydrogen) atoms. The number of ether oxygens (including phenoxy) is 1. The molecule has 0 spiro atoms. The van der Waals surface area contributed by atoms with Crippen LogP contribution in [0.5, 0.6) is 0 Å². The highest BCUT2D eigenvalue weighted by Gasteiger charge is 2.20. The first-order valence-corrected chi connectivity index (χ1v) is 10.5. The summed E-state index contributed by atoms with van der Waals surface area (Å²) in [5.74, 6) is -0.248. The molecule has 2 aromatic rings. The van der Waals surface area contributed by atoms with Gasteiger partial charge in [0.2, 0.25) is 10.0 Å². The van der Waals surface area contributed by atoms with Crippen molar-refractivity contribution in [2.75, 3.05) is 13.2 Å². The van der Waals surface area contributed by atoms with Crippen molar-refractivity contribution in [3.05, 3.63) is 65.7 Å². The van der Waals surface area contributed by atoms with Gasteiger partial charge in [-0.15, -0.1) is 0 Å². The lowest BCUT2D eigenvalue weighted by Crippen LogP contribution is -2.32. The summed E-state index contributed by atoms with van der Waals surface area (Å²) in [6.45, 7) is 2.85. The molecule has 1 fully saturated rings. The predicted octanol–water partition coefficient (Wildman–Crippen LogP) is 2.63. The lowest BCUT2D eigenvalue weighted by Gasteiger charge is -2.15. The van der Waals surface area contributed by atoms with Crippen LogP contribution in [0.15, 0.2) is 59.5 Å². The fourth-order valence-corrected chi connectivity index (χ4v) is 4.05. The van der Waals surface area contributed by atoms with Crippen molar-refractivity contribution in [2.24, 2.45) is 0 Å². The minimum Gasteiger partial charge on any atom is -0.377 e. The van der Waals surface area contributed by atoms with E-state index < -0.39 is 10.0 Å². The van der Waals surface area contributed by atoms with E-state index in [4.69, 9.17) is 4.74 Å². The molecule has 2 unspecified atom stereocenters. The summed E-state index contributed by atoms with van der Waals surface area (Å²) < 4.78 is 32.7. The maximum atomic E-state index is 12.4. The predicted molar refractivity (Wildman–Crippen MR) is 103 cm³/mol. The Morgan fingerprint density at radius 3 is 2.48 bits per heavy atom. The van der Waals surface area contributed by atoms with Gasteiger partial charge in [0.15, 0.2) is 0 Å². The molecule has 0 radical (unpaired) electrons. The average Bonchev–Trinajstić information content (AvgIpc) is 3.21. The molecule has 2 N–H and O–H groups in total. The monoisotopic (exact) mass is 388 g/mol. The Labute approximate surface area is 160 Å². The van der Waals surface area contributed by atoms with Crippen LogP contribution in [0.1, 0.15) is 41.7 Å². The normalized spacial score (nSPS) is 18.2. The van der Waals surface area contributed by atoms with Crippen LogP contribution in [0.3, 0.4) is 0 Å². The maximum absolute atomic E-state index is 12.4. The summed E-state index contributed by atoms with van der Waals surface area (Å²) in [5.41, 5.74) is 1.42. The highest BCUT2D eigenvalue weighted by atomic mass is 32.2. The fourth-order valence-electron chi connectivity index (χ4n) is 2.98. The van der Waals surface area contributed by atoms with Gasteiger partial charge in [-0.2, -0.15) is 0 Å². The zero-order valence-corrected chi connectivity index (χ0v) is 16.0. The van der Waals surface area contributed by atoms with Crippen LogP contribution in [0.25, 0.3) is 0 Å². The van der Waals surface area contributed by atoms with E-state index in [1.807, 2.05) is 37.3 Å². The van der Waals surface area contributed by atoms with E-state index in [1.165, 1.54) is 24.3 Å². The van der Waals surface area contributed by atoms with Gasteiger partial charge in [0.05, 0.1) is 17.0 Å². The molecule has 6 nitrogen and oxygen atoms in total. The zero-order chi connectivity index (χ0) is 19.3. The summed E-state index contributed by atoms with van der Waals surface area (Å²) in [6.07, 6.45) is 1.75. The second-order valence-corrected chi connectivity index (χ2v) is 8.38. The van der Waals surface area contributed by atoms with Crippen molar-refractivity contribution in [3.8, 4) is 0 Å². The first-order valence-electron chi connectivity index (χ1n) is 9.03. The Hall–Kier alpha value is -2.22. The summed E-state index contributed by atoms with van der Waals surface area (Å²) in [7, 11) is -3.62. The molecule has 1 aliphatic rings. The molecule has 0 saturated carbocycles. The fraction of sp³-hybridized carbons (Fsp3) is 0.350. The Morgan fingerprint density at radius 1 is 1.15 bits per heavy atom. The number of rotatable bonds is 7. The molecule has 1 heterocycles. The van der Waals surface area contributed by atoms with Crippen LogP contribution in [0, 0.1) is 0 Å². The van der Waals surface area contributed by atoms with E-state index in [1.54, 1.807) is 0 Å². The van der Waals surface area contributed by atoms with Gasteiger partial charge >= 0.3 is 0 Å². The van der Waals surface area contributed by atoms with Crippen molar-refractivity contribution in [2.45, 2.75) is 36.8 Å². The van der Waals surface area contributed by atoms with E-state index >= 15 is 0 Å². The van der Waals surface area contributed by atoms with Crippen molar-refractivity contribution < 1.29 is 17.9 Å². The second-order valence-electron chi connectivity index (χ2n) is 6.62. The molecule has 2 atom stereocenters. The van der Waals surface area contributed by atoms with Crippen molar-refractivity contribution in [1.29, 1.82) is 0 Å². The first kappa shape index (κ1) is 19.5. The SMILES string of the molecule is CC(NC(=O)c1ccc(S(=O)(=O)NCC2CCCO2)cc1)c1ccccc1. The molecule has 7 heteroatoms. The van der Waals surface area contributed by atoms with E-state index in [-0.39, 0.29) is 29.5 Å². The largest absolute Gasteiger partial charge is 0.377 e. The number of hydrogen-bond acceptors (Lipinski definition) is 4. The molecule has 3 rings (SSSR count). The van der Waals surface area contributed by atoms with Crippen molar-refractivity contribution in [1.82, 2.24) is 10.0 Å². The lowest BCUT2D eigenvalue weighted by molar-refractivity contribution is 0.0939. The second kappa shape index (κ2) is 8.65. The Bertz CT molecular complexity index is 861. The van der Waals surface area contributed by atoms with Crippen molar-refractivity contribution in [3.63, 3.8) is 0 Å². The number of hydrogen-bond donors (Lipinski definition) is 2. The molecular weight excluding hydrogens is 364 g/mol. The average molecular weight is 388 g/mol. The smallest absolute Gasteiger partial charge is 0.251 e. The number of carbonyl (C=O) groups excluding carboxylic acids is 1. The number of sulfonamides is 1. The van der Waals surface area contributed by atoms with Gasteiger partial charge in [-0.3, -0.25) is 4.79 Å². The van der Waals surface area contributed by atoms with Gasteiger partial charge in [-0.1, -0.05) is 30.3 Å². The van der Waals surface area contributed by atoms with Gasteiger partial charge in [0, 0.05) is 18.7 Å². The number of benzene rings is 2. The van der Waals surface area contributed by atoms with Crippen molar-refractivity contribution >= 4 is 15.9 Å². The number of nitrogens with one attached hydrogen (secondary N) is 2. The first-order chi connectivity index (χ1) is 13.0. The Morgan fingerprint density at radius 2 is 1.85 bits per heavy atom. The third-order valence-corrected chi connectivity index (χ3v) is 6.04. The van der Waals surface area contributed by atoms with Crippen LogP contribution < -0.4 is 10.0 Å². The van der Waals surface area contributed by atoms with Crippen LogP contribution in [-0.2, 0) is 14.8 Å². The highest BCUT2D eigenvalue weighted by Crippen LogP contribution is 2.16. The van der Waals surface area contributed by atoms with Crippen LogP contribution >= 0.6 is 0 Å². The van der Waals surface area contributed by atoms with Crippen LogP contribution in [0.4, 0.5) is 0 Å². The summed E-state index contributed by atoms with van der Waals surface area (Å²) >= 11 is 0. The van der Waals surface area contributed by atoms with Crippen LogP contribution in [-0.4, -0.2) is 33.6 Å². The molecule has 1 amide bonds. The maximum Gasteiger partial charge on any atom is 0.251 e. The lowest BCUT2D eigenvalue weighted by atomic mass is 10.1. The minimum absolute atomic E-state index is 0.0655. The minimum atomic E-state index is -3.62. The van der Waals surface area contributed by atoms with Gasteiger partial charge in [-0.05, 0) is 49.6 Å². The molecule has 0 aromatic heterocycles. The summed E-state index contributed by atoms with van der Waals surface area (Å²) in [6, 6.07) is 15.4. The van der Waals surface area contributed by atoms with Gasteiger partial charge in [0.1, 0.15) is 0 Å². The Balaban J connectivity index is 1.61. The molecule has 144 valence electrons. The van der Waals surface area contributed by atoms with Gasteiger partial charge < -0.3 is 10.1 Å². The molecule has 1 aliphatic heterocycles. The molecule has 1 saturated heterocycles. The van der Waals surface area contributed by atoms with E-state index in [9.17, 15) is 13.2 Å². The molecular formula is C20H24N2O4S. The highest BCUT2D eigenvalue weighted by molar-refractivity contribution is 7.89. The number of carbonyl (C=O) groups is 1. The van der Waals surface area contributed by atoms with E-state index in [0.29, 0.717) is 12.2 Å². The summed E-state index contributed by atoms with van der Waals surface area (Å²) in [5, 5.41) is 2.91. The summed E-state index contributed by atoms with van der Waals surface area (Å²) in [4.78, 5) is 12.5. The van der Waals surface area contributed by atoms with Crippen LogP contribution in [0.2, 0.25) is 0 Å². The van der Waals surface area contributed by atoms with E-state index in [2.05, 4.69) is 10.0 Å². The van der Waals surface area contributed by atoms with Gasteiger partial charge in [-0.25, -0.2) is 13.1 Å². The third-order valence-electron chi connectivity index (χ3n) is 4.60.